The number of fused-ring (bicyclic) bond motifs is 1. The molecule has 3 heteroatoms. The maximum absolute atomic E-state index is 5.19. The van der Waals surface area contributed by atoms with Crippen molar-refractivity contribution < 1.29 is 9.57 Å². The molecule has 0 unspecified atom stereocenters. The lowest BCUT2D eigenvalue weighted by atomic mass is 10.2. The Kier molecular flexibility index (Phi) is 2.19. The minimum absolute atomic E-state index is 1.01. The van der Waals surface area contributed by atoms with Gasteiger partial charge in [0.05, 0.1) is 9.86 Å². The van der Waals surface area contributed by atoms with Crippen molar-refractivity contribution in [3.8, 4) is 0 Å². The summed E-state index contributed by atoms with van der Waals surface area (Å²) in [6.45, 7) is 0. The van der Waals surface area contributed by atoms with Crippen LogP contribution in [-0.4, -0.2) is 7.11 Å². The van der Waals surface area contributed by atoms with Gasteiger partial charge >= 0.3 is 0 Å². The van der Waals surface area contributed by atoms with Crippen LogP contribution in [0.25, 0.3) is 10.9 Å². The fraction of sp³-hybridized carbons (Fsp3) is 0.100. The van der Waals surface area contributed by atoms with Crippen molar-refractivity contribution in [2.45, 2.75) is 0 Å². The van der Waals surface area contributed by atoms with Gasteiger partial charge in [0, 0.05) is 10.8 Å². The van der Waals surface area contributed by atoms with Crippen molar-refractivity contribution in [3.05, 3.63) is 41.0 Å². The van der Waals surface area contributed by atoms with E-state index in [9.17, 15) is 0 Å². The van der Waals surface area contributed by atoms with Crippen molar-refractivity contribution in [2.75, 3.05) is 7.11 Å². The molecule has 2 aromatic rings. The molecule has 1 heterocycles. The quantitative estimate of drug-likeness (QED) is 0.693. The van der Waals surface area contributed by atoms with E-state index in [1.165, 1.54) is 0 Å². The summed E-state index contributed by atoms with van der Waals surface area (Å²) < 4.78 is 2.74. The Morgan fingerprint density at radius 2 is 2.08 bits per heavy atom. The van der Waals surface area contributed by atoms with Gasteiger partial charge in [0.2, 0.25) is 6.20 Å². The van der Waals surface area contributed by atoms with Gasteiger partial charge in [-0.05, 0) is 28.1 Å². The summed E-state index contributed by atoms with van der Waals surface area (Å²) in [4.78, 5) is 5.19. The maximum Gasteiger partial charge on any atom is 0.264 e. The molecule has 13 heavy (non-hydrogen) atoms. The molecule has 0 amide bonds. The first-order valence-corrected chi connectivity index (χ1v) is 4.75. The number of benzene rings is 1. The summed E-state index contributed by atoms with van der Waals surface area (Å²) in [5.74, 6) is 0. The average molecular weight is 239 g/mol. The summed E-state index contributed by atoms with van der Waals surface area (Å²) in [5, 5.41) is 1.15. The summed E-state index contributed by atoms with van der Waals surface area (Å²) in [7, 11) is 1.65. The highest BCUT2D eigenvalue weighted by Gasteiger charge is 2.09. The Morgan fingerprint density at radius 1 is 1.31 bits per heavy atom. The van der Waals surface area contributed by atoms with Crippen molar-refractivity contribution in [3.63, 3.8) is 0 Å². The van der Waals surface area contributed by atoms with Gasteiger partial charge in [0.25, 0.3) is 5.52 Å². The Labute approximate surface area is 84.8 Å². The van der Waals surface area contributed by atoms with E-state index in [1.807, 2.05) is 24.4 Å². The molecule has 0 spiro atoms. The molecule has 0 aliphatic carbocycles. The first-order chi connectivity index (χ1) is 6.31. The van der Waals surface area contributed by atoms with Crippen LogP contribution < -0.4 is 9.57 Å². The van der Waals surface area contributed by atoms with Gasteiger partial charge in [-0.2, -0.15) is 0 Å². The van der Waals surface area contributed by atoms with E-state index in [-0.39, 0.29) is 0 Å². The Hall–Kier alpha value is -1.09. The first kappa shape index (κ1) is 8.51. The fourth-order valence-electron chi connectivity index (χ4n) is 1.33. The van der Waals surface area contributed by atoms with Crippen LogP contribution in [0.2, 0.25) is 0 Å². The molecule has 66 valence electrons. The minimum atomic E-state index is 1.01. The van der Waals surface area contributed by atoms with Gasteiger partial charge in [0.15, 0.2) is 0 Å². The number of para-hydroxylation sites is 1. The highest BCUT2D eigenvalue weighted by atomic mass is 79.9. The summed E-state index contributed by atoms with van der Waals surface area (Å²) in [6, 6.07) is 10.1. The highest BCUT2D eigenvalue weighted by Crippen LogP contribution is 2.14. The van der Waals surface area contributed by atoms with E-state index >= 15 is 0 Å². The Bertz CT molecular complexity index is 442. The van der Waals surface area contributed by atoms with E-state index < -0.39 is 0 Å². The molecule has 1 aromatic heterocycles. The third-order valence-corrected chi connectivity index (χ3v) is 2.34. The molecule has 0 radical (unpaired) electrons. The number of rotatable bonds is 1. The molecule has 2 rings (SSSR count). The van der Waals surface area contributed by atoms with Gasteiger partial charge < -0.3 is 0 Å². The van der Waals surface area contributed by atoms with E-state index in [4.69, 9.17) is 4.84 Å². The summed E-state index contributed by atoms with van der Waals surface area (Å²) >= 11 is 3.42. The van der Waals surface area contributed by atoms with Crippen LogP contribution in [0.5, 0.6) is 0 Å². The average Bonchev–Trinajstić information content (AvgIpc) is 2.16. The number of pyridine rings is 1. The molecular weight excluding hydrogens is 230 g/mol. The summed E-state index contributed by atoms with van der Waals surface area (Å²) in [5.41, 5.74) is 1.06. The van der Waals surface area contributed by atoms with E-state index in [1.54, 1.807) is 11.8 Å². The van der Waals surface area contributed by atoms with Crippen LogP contribution in [0.3, 0.4) is 0 Å². The molecule has 0 N–H and O–H groups in total. The second-order valence-electron chi connectivity index (χ2n) is 2.73. The Morgan fingerprint density at radius 3 is 2.85 bits per heavy atom. The predicted octanol–water partition coefficient (Wildman–Crippen LogP) is 1.95. The number of nitrogens with zero attached hydrogens (tertiary/aromatic N) is 1. The van der Waals surface area contributed by atoms with Gasteiger partial charge in [-0.1, -0.05) is 12.1 Å². The van der Waals surface area contributed by atoms with Crippen molar-refractivity contribution in [1.29, 1.82) is 0 Å². The molecule has 0 aliphatic rings. The number of hydrogen-bond donors (Lipinski definition) is 0. The maximum atomic E-state index is 5.19. The standard InChI is InChI=1S/C10H9BrNO/c1-13-12-7-9(11)6-8-4-2-3-5-10(8)12/h2-7H,1H3/q+1. The van der Waals surface area contributed by atoms with Crippen molar-refractivity contribution in [1.82, 2.24) is 0 Å². The predicted molar refractivity (Wildman–Crippen MR) is 54.3 cm³/mol. The van der Waals surface area contributed by atoms with Crippen LogP contribution in [0.1, 0.15) is 0 Å². The zero-order valence-corrected chi connectivity index (χ0v) is 8.78. The second kappa shape index (κ2) is 3.34. The zero-order valence-electron chi connectivity index (χ0n) is 7.20. The third-order valence-electron chi connectivity index (χ3n) is 1.90. The molecule has 0 saturated heterocycles. The molecule has 0 fully saturated rings. The molecule has 0 atom stereocenters. The van der Waals surface area contributed by atoms with Gasteiger partial charge in [-0.25, -0.2) is 0 Å². The molecule has 2 nitrogen and oxygen atoms in total. The Balaban J connectivity index is 2.81. The molecule has 0 bridgehead atoms. The van der Waals surface area contributed by atoms with Crippen LogP contribution in [0, 0.1) is 0 Å². The highest BCUT2D eigenvalue weighted by molar-refractivity contribution is 9.10. The van der Waals surface area contributed by atoms with Gasteiger partial charge in [0.1, 0.15) is 7.11 Å². The van der Waals surface area contributed by atoms with Crippen molar-refractivity contribution >= 4 is 26.8 Å². The van der Waals surface area contributed by atoms with Crippen LogP contribution >= 0.6 is 15.9 Å². The van der Waals surface area contributed by atoms with Gasteiger partial charge in [-0.3, -0.25) is 4.84 Å². The molecular formula is C10H9BrNO+. The van der Waals surface area contributed by atoms with Crippen LogP contribution in [0.15, 0.2) is 41.0 Å². The first-order valence-electron chi connectivity index (χ1n) is 3.95. The smallest absolute Gasteiger partial charge is 0.264 e. The van der Waals surface area contributed by atoms with E-state index in [0.717, 1.165) is 15.4 Å². The lowest BCUT2D eigenvalue weighted by molar-refractivity contribution is -0.865. The molecule has 0 saturated carbocycles. The van der Waals surface area contributed by atoms with E-state index in [0.29, 0.717) is 0 Å². The largest absolute Gasteiger partial charge is 0.274 e. The SMILES string of the molecule is CO[n+]1cc(Br)cc2ccccc21. The fourth-order valence-corrected chi connectivity index (χ4v) is 1.76. The lowest BCUT2D eigenvalue weighted by Gasteiger charge is -1.97. The lowest BCUT2D eigenvalue weighted by Crippen LogP contribution is -2.40. The third kappa shape index (κ3) is 1.52. The zero-order chi connectivity index (χ0) is 9.26. The van der Waals surface area contributed by atoms with E-state index in [2.05, 4.69) is 28.1 Å². The topological polar surface area (TPSA) is 13.1 Å². The number of aromatic nitrogens is 1. The minimum Gasteiger partial charge on any atom is -0.274 e. The molecule has 0 aliphatic heterocycles. The summed E-state index contributed by atoms with van der Waals surface area (Å²) in [6.07, 6.45) is 1.89. The monoisotopic (exact) mass is 238 g/mol. The van der Waals surface area contributed by atoms with Gasteiger partial charge in [-0.15, -0.1) is 0 Å². The molecule has 1 aromatic carbocycles. The normalized spacial score (nSPS) is 10.3. The number of halogens is 1. The number of hydrogen-bond acceptors (Lipinski definition) is 1. The van der Waals surface area contributed by atoms with Crippen molar-refractivity contribution in [2.24, 2.45) is 0 Å². The van der Waals surface area contributed by atoms with Crippen LogP contribution in [0.4, 0.5) is 0 Å². The second-order valence-corrected chi connectivity index (χ2v) is 3.64. The van der Waals surface area contributed by atoms with Crippen LogP contribution in [-0.2, 0) is 0 Å².